The number of aromatic nitrogens is 4. The van der Waals surface area contributed by atoms with Crippen LogP contribution in [0.5, 0.6) is 0 Å². The maximum absolute atomic E-state index is 11.5. The molecule has 290 valence electrons. The van der Waals surface area contributed by atoms with Gasteiger partial charge in [-0.2, -0.15) is 0 Å². The maximum Gasteiger partial charge on any atom is 0.303 e. The van der Waals surface area contributed by atoms with Crippen LogP contribution in [0.3, 0.4) is 0 Å². The Bertz CT molecular complexity index is 2120. The second-order valence-corrected chi connectivity index (χ2v) is 13.0. The topological polar surface area (TPSA) is 237 Å². The second-order valence-electron chi connectivity index (χ2n) is 13.0. The SMILES string of the molecule is CCC1=C(C)c2cc3[nH]c(cc4nc(cc5[nH]c(cc1n2)c(C)c5CCC(=O)O)C(CCC(=O)O)=C4C)c(C)c3CC.COCC(N)=O.COCC(N)=O. The first-order chi connectivity index (χ1) is 25.6. The van der Waals surface area contributed by atoms with Gasteiger partial charge in [0.1, 0.15) is 13.2 Å². The Morgan fingerprint density at radius 3 is 1.46 bits per heavy atom. The van der Waals surface area contributed by atoms with E-state index in [2.05, 4.69) is 70.7 Å². The molecule has 8 N–H and O–H groups in total. The van der Waals surface area contributed by atoms with Gasteiger partial charge in [0.25, 0.3) is 0 Å². The first-order valence-electron chi connectivity index (χ1n) is 17.7. The second kappa shape index (κ2) is 19.5. The summed E-state index contributed by atoms with van der Waals surface area (Å²) < 4.78 is 8.66. The van der Waals surface area contributed by atoms with E-state index in [1.165, 1.54) is 25.4 Å². The summed E-state index contributed by atoms with van der Waals surface area (Å²) >= 11 is 0. The number of aliphatic carboxylic acids is 2. The van der Waals surface area contributed by atoms with Crippen LogP contribution in [0.15, 0.2) is 24.3 Å². The minimum absolute atomic E-state index is 0.00162. The molecule has 54 heavy (non-hydrogen) atoms. The lowest BCUT2D eigenvalue weighted by Gasteiger charge is -2.03. The first kappa shape index (κ1) is 42.8. The number of nitrogens with zero attached hydrogens (tertiary/aromatic N) is 2. The number of ether oxygens (including phenoxy) is 2. The Kier molecular flexibility index (Phi) is 15.4. The first-order valence-corrected chi connectivity index (χ1v) is 17.7. The van der Waals surface area contributed by atoms with Gasteiger partial charge in [-0.05, 0) is 122 Å². The van der Waals surface area contributed by atoms with Crippen molar-refractivity contribution in [3.05, 3.63) is 69.3 Å². The van der Waals surface area contributed by atoms with Gasteiger partial charge in [0, 0.05) is 49.1 Å². The third kappa shape index (κ3) is 10.7. The van der Waals surface area contributed by atoms with Crippen LogP contribution >= 0.6 is 0 Å². The van der Waals surface area contributed by atoms with Crippen molar-refractivity contribution < 1.29 is 38.9 Å². The van der Waals surface area contributed by atoms with Crippen molar-refractivity contribution in [3.63, 3.8) is 0 Å². The number of carboxylic acid groups (broad SMARTS) is 2. The molecular formula is C40H52N6O8. The van der Waals surface area contributed by atoms with Gasteiger partial charge in [0.05, 0.1) is 22.8 Å². The van der Waals surface area contributed by atoms with Gasteiger partial charge in [0.2, 0.25) is 11.8 Å². The lowest BCUT2D eigenvalue weighted by atomic mass is 10.00. The molecule has 8 bridgehead atoms. The Morgan fingerprint density at radius 1 is 0.611 bits per heavy atom. The number of hydrogen-bond donors (Lipinski definition) is 6. The molecule has 3 aromatic heterocycles. The highest BCUT2D eigenvalue weighted by Gasteiger charge is 2.21. The van der Waals surface area contributed by atoms with Crippen molar-refractivity contribution in [2.75, 3.05) is 27.4 Å². The van der Waals surface area contributed by atoms with Crippen molar-refractivity contribution in [1.29, 1.82) is 0 Å². The number of nitrogens with two attached hydrogens (primary N) is 2. The van der Waals surface area contributed by atoms with Crippen molar-refractivity contribution in [3.8, 4) is 0 Å². The molecule has 0 saturated carbocycles. The summed E-state index contributed by atoms with van der Waals surface area (Å²) in [5.74, 6) is -2.59. The summed E-state index contributed by atoms with van der Waals surface area (Å²) in [7, 11) is 2.84. The summed E-state index contributed by atoms with van der Waals surface area (Å²) in [6.45, 7) is 12.5. The fourth-order valence-electron chi connectivity index (χ4n) is 6.50. The third-order valence-electron chi connectivity index (χ3n) is 9.26. The van der Waals surface area contributed by atoms with E-state index in [0.29, 0.717) is 18.5 Å². The summed E-state index contributed by atoms with van der Waals surface area (Å²) in [6, 6.07) is 8.19. The fraction of sp³-hybridized carbons (Fsp3) is 0.400. The van der Waals surface area contributed by atoms with Crippen LogP contribution in [0.4, 0.5) is 0 Å². The molecule has 2 aliphatic heterocycles. The minimum atomic E-state index is -0.864. The average molecular weight is 745 g/mol. The highest BCUT2D eigenvalue weighted by molar-refractivity contribution is 5.95. The van der Waals surface area contributed by atoms with Crippen molar-refractivity contribution >= 4 is 68.1 Å². The number of aryl methyl sites for hydroxylation is 4. The zero-order valence-electron chi connectivity index (χ0n) is 32.4. The van der Waals surface area contributed by atoms with Crippen LogP contribution in [0.1, 0.15) is 98.4 Å². The lowest BCUT2D eigenvalue weighted by molar-refractivity contribution is -0.137. The molecule has 5 heterocycles. The smallest absolute Gasteiger partial charge is 0.303 e. The number of amides is 2. The van der Waals surface area contributed by atoms with Gasteiger partial charge < -0.3 is 41.1 Å². The maximum atomic E-state index is 11.5. The van der Waals surface area contributed by atoms with Crippen molar-refractivity contribution in [1.82, 2.24) is 19.9 Å². The highest BCUT2D eigenvalue weighted by atomic mass is 16.5. The molecule has 0 saturated heterocycles. The highest BCUT2D eigenvalue weighted by Crippen LogP contribution is 2.36. The van der Waals surface area contributed by atoms with E-state index in [1.807, 2.05) is 26.0 Å². The largest absolute Gasteiger partial charge is 0.481 e. The molecule has 2 aliphatic rings. The van der Waals surface area contributed by atoms with Gasteiger partial charge in [-0.15, -0.1) is 0 Å². The Balaban J connectivity index is 0.000000566. The number of carbonyl (C=O) groups is 4. The molecule has 2 amide bonds. The van der Waals surface area contributed by atoms with Crippen LogP contribution < -0.4 is 11.5 Å². The molecule has 5 rings (SSSR count). The average Bonchev–Trinajstić information content (AvgIpc) is 3.75. The number of H-pyrrole nitrogens is 2. The Hall–Kier alpha value is -5.60. The molecular weight excluding hydrogens is 692 g/mol. The number of primary amides is 2. The molecule has 0 aliphatic carbocycles. The number of allylic oxidation sites excluding steroid dienone is 4. The Labute approximate surface area is 314 Å². The van der Waals surface area contributed by atoms with E-state index in [1.54, 1.807) is 0 Å². The standard InChI is InChI=1S/C34H38N4O4.2C3H7NO2/c1-7-21-17(3)25-13-26-19(5)23(9-11-33(39)40)31(37-26)16-32-24(10-12-34(41)42)20(6)28(38-32)15-30-22(8-2)18(4)27(36-30)14-29(21)35-25;2*1-6-2-3(4)5/h13-16,35,38H,7-12H2,1-6H3,(H,39,40)(H,41,42);2*2H2,1H3,(H2,4,5). The molecule has 0 fully saturated rings. The van der Waals surface area contributed by atoms with Crippen LogP contribution in [0.2, 0.25) is 0 Å². The predicted molar refractivity (Wildman–Crippen MR) is 210 cm³/mol. The van der Waals surface area contributed by atoms with E-state index in [0.717, 1.165) is 85.4 Å². The van der Waals surface area contributed by atoms with Gasteiger partial charge in [-0.25, -0.2) is 9.97 Å². The number of aromatic amines is 2. The number of hydrogen-bond acceptors (Lipinski definition) is 8. The third-order valence-corrected chi connectivity index (χ3v) is 9.26. The monoisotopic (exact) mass is 744 g/mol. The number of carboxylic acids is 2. The van der Waals surface area contributed by atoms with Crippen molar-refractivity contribution in [2.24, 2.45) is 11.5 Å². The van der Waals surface area contributed by atoms with Crippen LogP contribution in [0, 0.1) is 13.8 Å². The molecule has 0 atom stereocenters. The van der Waals surface area contributed by atoms with E-state index < -0.39 is 23.8 Å². The van der Waals surface area contributed by atoms with E-state index in [4.69, 9.17) is 9.97 Å². The van der Waals surface area contributed by atoms with E-state index in [9.17, 15) is 29.4 Å². The lowest BCUT2D eigenvalue weighted by Crippen LogP contribution is -2.16. The van der Waals surface area contributed by atoms with Crippen LogP contribution in [-0.4, -0.2) is 81.3 Å². The molecule has 14 heteroatoms. The molecule has 3 aromatic rings. The van der Waals surface area contributed by atoms with Gasteiger partial charge >= 0.3 is 11.9 Å². The summed E-state index contributed by atoms with van der Waals surface area (Å²) in [6.07, 6.45) is 2.39. The summed E-state index contributed by atoms with van der Waals surface area (Å²) in [5.41, 5.74) is 24.7. The quantitative estimate of drug-likeness (QED) is 0.129. The zero-order valence-corrected chi connectivity index (χ0v) is 32.4. The molecule has 0 radical (unpaired) electrons. The predicted octanol–water partition coefficient (Wildman–Crippen LogP) is 5.88. The zero-order chi connectivity index (χ0) is 40.3. The molecule has 0 spiro atoms. The molecule has 14 nitrogen and oxygen atoms in total. The van der Waals surface area contributed by atoms with Gasteiger partial charge in [-0.3, -0.25) is 19.2 Å². The van der Waals surface area contributed by atoms with E-state index in [-0.39, 0.29) is 26.1 Å². The van der Waals surface area contributed by atoms with Gasteiger partial charge in [-0.1, -0.05) is 13.8 Å². The normalized spacial score (nSPS) is 12.1. The van der Waals surface area contributed by atoms with Crippen LogP contribution in [-0.2, 0) is 41.5 Å². The summed E-state index contributed by atoms with van der Waals surface area (Å²) in [4.78, 5) is 59.7. The van der Waals surface area contributed by atoms with E-state index >= 15 is 0 Å². The Morgan fingerprint density at radius 2 is 1.02 bits per heavy atom. The molecule has 0 aromatic carbocycles. The number of fused-ring (bicyclic) bond motifs is 8. The van der Waals surface area contributed by atoms with Gasteiger partial charge in [0.15, 0.2) is 0 Å². The number of nitrogens with one attached hydrogen (secondary N) is 2. The van der Waals surface area contributed by atoms with Crippen LogP contribution in [0.25, 0.3) is 44.4 Å². The number of methoxy groups -OCH3 is 2. The summed E-state index contributed by atoms with van der Waals surface area (Å²) in [5, 5.41) is 18.9. The minimum Gasteiger partial charge on any atom is -0.481 e. The number of rotatable bonds is 12. The fourth-order valence-corrected chi connectivity index (χ4v) is 6.50. The molecule has 0 unspecified atom stereocenters. The van der Waals surface area contributed by atoms with Crippen molar-refractivity contribution in [2.45, 2.75) is 80.1 Å². The number of carbonyl (C=O) groups excluding carboxylic acids is 2.